The van der Waals surface area contributed by atoms with Crippen molar-refractivity contribution in [1.82, 2.24) is 5.32 Å². The van der Waals surface area contributed by atoms with Crippen LogP contribution in [-0.4, -0.2) is 34.8 Å². The lowest BCUT2D eigenvalue weighted by Crippen LogP contribution is -2.36. The van der Waals surface area contributed by atoms with Crippen molar-refractivity contribution in [3.63, 3.8) is 0 Å². The van der Waals surface area contributed by atoms with Crippen LogP contribution in [0.15, 0.2) is 18.2 Å². The molecule has 1 rings (SSSR count). The molecule has 0 atom stereocenters. The molecule has 0 aliphatic rings. The smallest absolute Gasteiger partial charge is 0.405 e. The second-order valence-electron chi connectivity index (χ2n) is 3.72. The van der Waals surface area contributed by atoms with Crippen LogP contribution >= 0.6 is 0 Å². The van der Waals surface area contributed by atoms with Crippen molar-refractivity contribution in [3.8, 4) is 0 Å². The Bertz CT molecular complexity index is 588. The molecule has 21 heavy (non-hydrogen) atoms. The quantitative estimate of drug-likeness (QED) is 0.580. The van der Waals surface area contributed by atoms with E-state index in [0.29, 0.717) is 0 Å². The molecule has 114 valence electrons. The third kappa shape index (κ3) is 4.97. The number of anilines is 1. The largest absolute Gasteiger partial charge is 0.478 e. The number of nitrogens with zero attached hydrogens (tertiary/aromatic N) is 1. The van der Waals surface area contributed by atoms with Crippen LogP contribution in [0.3, 0.4) is 0 Å². The average Bonchev–Trinajstić information content (AvgIpc) is 2.35. The van der Waals surface area contributed by atoms with Crippen molar-refractivity contribution in [1.29, 1.82) is 0 Å². The average molecular weight is 307 g/mol. The zero-order valence-electron chi connectivity index (χ0n) is 10.1. The summed E-state index contributed by atoms with van der Waals surface area (Å²) >= 11 is 0. The number of non-ortho nitro benzene ring substituents is 1. The molecule has 0 bridgehead atoms. The van der Waals surface area contributed by atoms with Gasteiger partial charge >= 0.3 is 18.2 Å². The number of carboxylic acid groups (broad SMARTS) is 1. The minimum Gasteiger partial charge on any atom is -0.478 e. The Labute approximate surface area is 114 Å². The van der Waals surface area contributed by atoms with Crippen LogP contribution in [0.5, 0.6) is 0 Å². The molecule has 0 spiro atoms. The molecule has 11 heteroatoms. The number of halogens is 3. The molecule has 0 heterocycles. The van der Waals surface area contributed by atoms with E-state index in [2.05, 4.69) is 0 Å². The standard InChI is InChI=1S/C10H8F3N3O5/c11-10(12,13)4-14-9(19)15-7-3-5(16(20)21)1-2-6(7)8(17)18/h1-3H,4H2,(H,17,18)(H2,14,15,19). The normalized spacial score (nSPS) is 10.8. The molecule has 0 aliphatic carbocycles. The van der Waals surface area contributed by atoms with Crippen LogP contribution in [0.1, 0.15) is 10.4 Å². The highest BCUT2D eigenvalue weighted by Gasteiger charge is 2.28. The first-order valence-electron chi connectivity index (χ1n) is 5.23. The van der Waals surface area contributed by atoms with Gasteiger partial charge in [-0.15, -0.1) is 0 Å². The number of benzene rings is 1. The number of carbonyl (C=O) groups is 2. The predicted octanol–water partition coefficient (Wildman–Crippen LogP) is 1.98. The first-order chi connectivity index (χ1) is 9.60. The molecule has 3 N–H and O–H groups in total. The topological polar surface area (TPSA) is 122 Å². The van der Waals surface area contributed by atoms with Crippen LogP contribution in [0, 0.1) is 10.1 Å². The van der Waals surface area contributed by atoms with E-state index in [1.54, 1.807) is 0 Å². The molecule has 0 radical (unpaired) electrons. The SMILES string of the molecule is O=C(NCC(F)(F)F)Nc1cc([N+](=O)[O-])ccc1C(=O)O. The number of alkyl halides is 3. The molecule has 0 saturated heterocycles. The number of nitrogens with one attached hydrogen (secondary N) is 2. The Morgan fingerprint density at radius 2 is 1.95 bits per heavy atom. The summed E-state index contributed by atoms with van der Waals surface area (Å²) in [6.07, 6.45) is -4.64. The van der Waals surface area contributed by atoms with Gasteiger partial charge < -0.3 is 15.7 Å². The fourth-order valence-corrected chi connectivity index (χ4v) is 1.28. The van der Waals surface area contributed by atoms with E-state index in [0.717, 1.165) is 18.2 Å². The monoisotopic (exact) mass is 307 g/mol. The van der Waals surface area contributed by atoms with Crippen molar-refractivity contribution in [2.45, 2.75) is 6.18 Å². The molecule has 0 saturated carbocycles. The van der Waals surface area contributed by atoms with Crippen molar-refractivity contribution >= 4 is 23.4 Å². The number of hydrogen-bond acceptors (Lipinski definition) is 4. The molecule has 0 unspecified atom stereocenters. The first-order valence-corrected chi connectivity index (χ1v) is 5.23. The van der Waals surface area contributed by atoms with E-state index < -0.39 is 46.6 Å². The van der Waals surface area contributed by atoms with Gasteiger partial charge in [0.1, 0.15) is 6.54 Å². The molecule has 0 aromatic heterocycles. The maximum Gasteiger partial charge on any atom is 0.405 e. The minimum atomic E-state index is -4.64. The second kappa shape index (κ2) is 6.07. The lowest BCUT2D eigenvalue weighted by atomic mass is 10.1. The van der Waals surface area contributed by atoms with E-state index in [9.17, 15) is 32.9 Å². The van der Waals surface area contributed by atoms with Crippen LogP contribution < -0.4 is 10.6 Å². The number of hydrogen-bond donors (Lipinski definition) is 3. The highest BCUT2D eigenvalue weighted by Crippen LogP contribution is 2.22. The van der Waals surface area contributed by atoms with Gasteiger partial charge in [0.2, 0.25) is 0 Å². The number of urea groups is 1. The molecule has 1 aromatic carbocycles. The summed E-state index contributed by atoms with van der Waals surface area (Å²) in [6, 6.07) is 1.15. The molecular formula is C10H8F3N3O5. The van der Waals surface area contributed by atoms with Gasteiger partial charge in [-0.25, -0.2) is 9.59 Å². The summed E-state index contributed by atoms with van der Waals surface area (Å²) in [5.74, 6) is -1.50. The van der Waals surface area contributed by atoms with Gasteiger partial charge in [-0.1, -0.05) is 0 Å². The van der Waals surface area contributed by atoms with Gasteiger partial charge in [0.25, 0.3) is 5.69 Å². The Balaban J connectivity index is 2.94. The van der Waals surface area contributed by atoms with Crippen molar-refractivity contribution < 1.29 is 32.8 Å². The van der Waals surface area contributed by atoms with Gasteiger partial charge in [0.05, 0.1) is 16.2 Å². The van der Waals surface area contributed by atoms with Gasteiger partial charge in [0.15, 0.2) is 0 Å². The lowest BCUT2D eigenvalue weighted by molar-refractivity contribution is -0.384. The van der Waals surface area contributed by atoms with E-state index in [4.69, 9.17) is 5.11 Å². The summed E-state index contributed by atoms with van der Waals surface area (Å²) in [6.45, 7) is -1.63. The maximum atomic E-state index is 11.9. The highest BCUT2D eigenvalue weighted by atomic mass is 19.4. The van der Waals surface area contributed by atoms with Crippen molar-refractivity contribution in [2.24, 2.45) is 0 Å². The predicted molar refractivity (Wildman–Crippen MR) is 63.1 cm³/mol. The number of aromatic carboxylic acids is 1. The Morgan fingerprint density at radius 1 is 1.33 bits per heavy atom. The Kier molecular flexibility index (Phi) is 4.68. The number of carbonyl (C=O) groups excluding carboxylic acids is 1. The first kappa shape index (κ1) is 16.2. The molecular weight excluding hydrogens is 299 g/mol. The number of carboxylic acids is 1. The summed E-state index contributed by atoms with van der Waals surface area (Å²) in [5.41, 5.74) is -1.51. The highest BCUT2D eigenvalue weighted by molar-refractivity contribution is 6.00. The van der Waals surface area contributed by atoms with Crippen LogP contribution in [0.4, 0.5) is 29.3 Å². The fraction of sp³-hybridized carbons (Fsp3) is 0.200. The minimum absolute atomic E-state index is 0.489. The molecule has 1 aromatic rings. The number of nitro groups is 1. The molecule has 0 aliphatic heterocycles. The summed E-state index contributed by atoms with van der Waals surface area (Å²) in [7, 11) is 0. The summed E-state index contributed by atoms with van der Waals surface area (Å²) in [4.78, 5) is 31.8. The van der Waals surface area contributed by atoms with E-state index >= 15 is 0 Å². The second-order valence-corrected chi connectivity index (χ2v) is 3.72. The molecule has 2 amide bonds. The zero-order valence-corrected chi connectivity index (χ0v) is 10.1. The molecule has 0 fully saturated rings. The van der Waals surface area contributed by atoms with E-state index in [1.165, 1.54) is 5.32 Å². The molecule has 8 nitrogen and oxygen atoms in total. The maximum absolute atomic E-state index is 11.9. The Morgan fingerprint density at radius 3 is 2.43 bits per heavy atom. The van der Waals surface area contributed by atoms with E-state index in [-0.39, 0.29) is 0 Å². The van der Waals surface area contributed by atoms with Crippen LogP contribution in [-0.2, 0) is 0 Å². The summed E-state index contributed by atoms with van der Waals surface area (Å²) in [5, 5.41) is 22.7. The Hall–Kier alpha value is -2.85. The van der Waals surface area contributed by atoms with Crippen LogP contribution in [0.2, 0.25) is 0 Å². The van der Waals surface area contributed by atoms with Gasteiger partial charge in [-0.05, 0) is 6.07 Å². The number of rotatable bonds is 4. The fourth-order valence-electron chi connectivity index (χ4n) is 1.28. The summed E-state index contributed by atoms with van der Waals surface area (Å²) < 4.78 is 35.7. The third-order valence-electron chi connectivity index (χ3n) is 2.14. The third-order valence-corrected chi connectivity index (χ3v) is 2.14. The van der Waals surface area contributed by atoms with Gasteiger partial charge in [-0.2, -0.15) is 13.2 Å². The number of nitro benzene ring substituents is 1. The zero-order chi connectivity index (χ0) is 16.2. The number of amides is 2. The van der Waals surface area contributed by atoms with Gasteiger partial charge in [0, 0.05) is 12.1 Å². The van der Waals surface area contributed by atoms with E-state index in [1.807, 2.05) is 5.32 Å². The van der Waals surface area contributed by atoms with Gasteiger partial charge in [-0.3, -0.25) is 10.1 Å². The van der Waals surface area contributed by atoms with Crippen molar-refractivity contribution in [3.05, 3.63) is 33.9 Å². The van der Waals surface area contributed by atoms with Crippen molar-refractivity contribution in [2.75, 3.05) is 11.9 Å². The van der Waals surface area contributed by atoms with Crippen LogP contribution in [0.25, 0.3) is 0 Å². The lowest BCUT2D eigenvalue weighted by Gasteiger charge is -2.11.